The summed E-state index contributed by atoms with van der Waals surface area (Å²) in [6.07, 6.45) is 0. The third-order valence-electron chi connectivity index (χ3n) is 4.97. The van der Waals surface area contributed by atoms with Crippen LogP contribution in [0.2, 0.25) is 5.02 Å². The van der Waals surface area contributed by atoms with E-state index in [1.165, 1.54) is 0 Å². The van der Waals surface area contributed by atoms with Gasteiger partial charge in [0.2, 0.25) is 6.79 Å². The van der Waals surface area contributed by atoms with Crippen molar-refractivity contribution in [3.05, 3.63) is 76.1 Å². The molecule has 6 heteroatoms. The van der Waals surface area contributed by atoms with Crippen molar-refractivity contribution in [2.75, 3.05) is 6.79 Å². The van der Waals surface area contributed by atoms with E-state index in [1.54, 1.807) is 6.07 Å². The summed E-state index contributed by atoms with van der Waals surface area (Å²) in [6.45, 7) is 6.21. The van der Waals surface area contributed by atoms with Gasteiger partial charge < -0.3 is 19.4 Å². The molecular weight excluding hydrogens is 376 g/mol. The van der Waals surface area contributed by atoms with Crippen LogP contribution in [0.1, 0.15) is 40.3 Å². The molecule has 144 valence electrons. The number of nitrogens with one attached hydrogen (secondary N) is 1. The van der Waals surface area contributed by atoms with Crippen LogP contribution in [0.15, 0.2) is 48.5 Å². The van der Waals surface area contributed by atoms with E-state index in [-0.39, 0.29) is 18.7 Å². The van der Waals surface area contributed by atoms with E-state index in [0.717, 1.165) is 28.4 Å². The van der Waals surface area contributed by atoms with Crippen LogP contribution < -0.4 is 14.8 Å². The average molecular weight is 397 g/mol. The molecular formula is C22H21ClN2O3. The molecule has 1 aliphatic rings. The van der Waals surface area contributed by atoms with Crippen LogP contribution >= 0.6 is 11.6 Å². The van der Waals surface area contributed by atoms with Crippen LogP contribution in [-0.2, 0) is 0 Å². The molecule has 2 heterocycles. The Hall–Kier alpha value is -2.92. The summed E-state index contributed by atoms with van der Waals surface area (Å²) in [4.78, 5) is 12.9. The SMILES string of the molecule is Cc1ccc(C)n1-c1ccc(Cl)c(C(=O)NC(C)c2ccc3c(c2)OCO3)c1. The van der Waals surface area contributed by atoms with Gasteiger partial charge in [-0.15, -0.1) is 0 Å². The fourth-order valence-corrected chi connectivity index (χ4v) is 3.65. The standard InChI is InChI=1S/C22H21ClN2O3/c1-13-4-5-14(2)25(13)17-7-8-19(23)18(11-17)22(26)24-15(3)16-6-9-20-21(10-16)28-12-27-20/h4-11,15H,12H2,1-3H3,(H,24,26). The Morgan fingerprint density at radius 1 is 1.04 bits per heavy atom. The van der Waals surface area contributed by atoms with Gasteiger partial charge in [-0.1, -0.05) is 17.7 Å². The van der Waals surface area contributed by atoms with E-state index in [9.17, 15) is 4.79 Å². The van der Waals surface area contributed by atoms with Crippen LogP contribution in [0.4, 0.5) is 0 Å². The summed E-state index contributed by atoms with van der Waals surface area (Å²) in [5, 5.41) is 3.44. The number of carbonyl (C=O) groups is 1. The maximum atomic E-state index is 12.9. The first-order valence-corrected chi connectivity index (χ1v) is 9.47. The van der Waals surface area contributed by atoms with Gasteiger partial charge in [0.1, 0.15) is 0 Å². The minimum atomic E-state index is -0.223. The fourth-order valence-electron chi connectivity index (χ4n) is 3.44. The molecule has 0 fully saturated rings. The van der Waals surface area contributed by atoms with Gasteiger partial charge in [-0.05, 0) is 68.8 Å². The van der Waals surface area contributed by atoms with Crippen molar-refractivity contribution < 1.29 is 14.3 Å². The van der Waals surface area contributed by atoms with E-state index in [2.05, 4.69) is 9.88 Å². The zero-order chi connectivity index (χ0) is 19.8. The highest BCUT2D eigenvalue weighted by Gasteiger charge is 2.19. The highest BCUT2D eigenvalue weighted by molar-refractivity contribution is 6.33. The third kappa shape index (κ3) is 3.34. The zero-order valence-electron chi connectivity index (χ0n) is 16.0. The van der Waals surface area contributed by atoms with Crippen molar-refractivity contribution in [3.63, 3.8) is 0 Å². The number of amides is 1. The quantitative estimate of drug-likeness (QED) is 0.677. The first kappa shape index (κ1) is 18.4. The van der Waals surface area contributed by atoms with Crippen molar-refractivity contribution >= 4 is 17.5 Å². The van der Waals surface area contributed by atoms with Crippen LogP contribution in [0.3, 0.4) is 0 Å². The number of nitrogens with zero attached hydrogens (tertiary/aromatic N) is 1. The molecule has 0 saturated heterocycles. The number of hydrogen-bond donors (Lipinski definition) is 1. The Bertz CT molecular complexity index is 1040. The molecule has 2 aromatic carbocycles. The number of aromatic nitrogens is 1. The summed E-state index contributed by atoms with van der Waals surface area (Å²) in [6, 6.07) is 15.0. The second-order valence-electron chi connectivity index (χ2n) is 6.92. The lowest BCUT2D eigenvalue weighted by molar-refractivity contribution is 0.0940. The molecule has 1 atom stereocenters. The number of fused-ring (bicyclic) bond motifs is 1. The van der Waals surface area contributed by atoms with Gasteiger partial charge in [-0.25, -0.2) is 0 Å². The summed E-state index contributed by atoms with van der Waals surface area (Å²) in [5.41, 5.74) is 4.48. The molecule has 1 amide bonds. The minimum absolute atomic E-state index is 0.211. The smallest absolute Gasteiger partial charge is 0.253 e. The third-order valence-corrected chi connectivity index (χ3v) is 5.30. The topological polar surface area (TPSA) is 52.5 Å². The maximum Gasteiger partial charge on any atom is 0.253 e. The van der Waals surface area contributed by atoms with Gasteiger partial charge in [0.15, 0.2) is 11.5 Å². The van der Waals surface area contributed by atoms with E-state index in [1.807, 2.05) is 63.2 Å². The van der Waals surface area contributed by atoms with Gasteiger partial charge in [0.25, 0.3) is 5.91 Å². The Labute approximate surface area is 168 Å². The molecule has 0 bridgehead atoms. The lowest BCUT2D eigenvalue weighted by Crippen LogP contribution is -2.27. The summed E-state index contributed by atoms with van der Waals surface area (Å²) in [5.74, 6) is 1.19. The monoisotopic (exact) mass is 396 g/mol. The molecule has 1 unspecified atom stereocenters. The fraction of sp³-hybridized carbons (Fsp3) is 0.227. The first-order valence-electron chi connectivity index (χ1n) is 9.09. The number of hydrogen-bond acceptors (Lipinski definition) is 3. The average Bonchev–Trinajstić information content (AvgIpc) is 3.28. The number of halogens is 1. The van der Waals surface area contributed by atoms with Crippen molar-refractivity contribution in [1.29, 1.82) is 0 Å². The summed E-state index contributed by atoms with van der Waals surface area (Å²) >= 11 is 6.33. The second kappa shape index (κ2) is 7.24. The lowest BCUT2D eigenvalue weighted by atomic mass is 10.1. The maximum absolute atomic E-state index is 12.9. The van der Waals surface area contributed by atoms with Gasteiger partial charge in [0, 0.05) is 17.1 Å². The Kier molecular flexibility index (Phi) is 4.77. The second-order valence-corrected chi connectivity index (χ2v) is 7.33. The van der Waals surface area contributed by atoms with Crippen LogP contribution in [-0.4, -0.2) is 17.3 Å². The molecule has 0 saturated carbocycles. The highest BCUT2D eigenvalue weighted by atomic mass is 35.5. The molecule has 1 aromatic heterocycles. The normalized spacial score (nSPS) is 13.4. The molecule has 1 N–H and O–H groups in total. The Morgan fingerprint density at radius 3 is 2.50 bits per heavy atom. The van der Waals surface area contributed by atoms with Crippen molar-refractivity contribution in [2.45, 2.75) is 26.8 Å². The van der Waals surface area contributed by atoms with E-state index in [4.69, 9.17) is 21.1 Å². The van der Waals surface area contributed by atoms with Crippen molar-refractivity contribution in [1.82, 2.24) is 9.88 Å². The van der Waals surface area contributed by atoms with Gasteiger partial charge in [-0.2, -0.15) is 0 Å². The summed E-state index contributed by atoms with van der Waals surface area (Å²) < 4.78 is 12.8. The Morgan fingerprint density at radius 2 is 1.75 bits per heavy atom. The van der Waals surface area contributed by atoms with E-state index < -0.39 is 0 Å². The van der Waals surface area contributed by atoms with Crippen LogP contribution in [0.25, 0.3) is 5.69 Å². The molecule has 4 rings (SSSR count). The van der Waals surface area contributed by atoms with Gasteiger partial charge in [-0.3, -0.25) is 4.79 Å². The number of rotatable bonds is 4. The molecule has 0 spiro atoms. The molecule has 0 radical (unpaired) electrons. The van der Waals surface area contributed by atoms with Gasteiger partial charge >= 0.3 is 0 Å². The molecule has 5 nitrogen and oxygen atoms in total. The number of aryl methyl sites for hydroxylation is 2. The molecule has 1 aliphatic heterocycles. The number of carbonyl (C=O) groups excluding carboxylic acids is 1. The van der Waals surface area contributed by atoms with E-state index >= 15 is 0 Å². The largest absolute Gasteiger partial charge is 0.454 e. The Balaban J connectivity index is 1.58. The van der Waals surface area contributed by atoms with Crippen molar-refractivity contribution in [3.8, 4) is 17.2 Å². The van der Waals surface area contributed by atoms with Crippen LogP contribution in [0.5, 0.6) is 11.5 Å². The lowest BCUT2D eigenvalue weighted by Gasteiger charge is -2.17. The van der Waals surface area contributed by atoms with Crippen molar-refractivity contribution in [2.24, 2.45) is 0 Å². The summed E-state index contributed by atoms with van der Waals surface area (Å²) in [7, 11) is 0. The predicted octanol–water partition coefficient (Wildman–Crippen LogP) is 4.97. The van der Waals surface area contributed by atoms with Crippen LogP contribution in [0, 0.1) is 13.8 Å². The molecule has 0 aliphatic carbocycles. The highest BCUT2D eigenvalue weighted by Crippen LogP contribution is 2.34. The minimum Gasteiger partial charge on any atom is -0.454 e. The molecule has 3 aromatic rings. The van der Waals surface area contributed by atoms with E-state index in [0.29, 0.717) is 16.3 Å². The van der Waals surface area contributed by atoms with Gasteiger partial charge in [0.05, 0.1) is 16.6 Å². The number of benzene rings is 2. The first-order chi connectivity index (χ1) is 13.4. The number of ether oxygens (including phenoxy) is 2. The molecule has 28 heavy (non-hydrogen) atoms. The predicted molar refractivity (Wildman–Crippen MR) is 109 cm³/mol. The zero-order valence-corrected chi connectivity index (χ0v) is 16.7.